The van der Waals surface area contributed by atoms with Gasteiger partial charge in [-0.1, -0.05) is 19.1 Å². The molecule has 2 unspecified atom stereocenters. The van der Waals surface area contributed by atoms with E-state index in [0.717, 1.165) is 0 Å². The molecule has 1 aliphatic heterocycles. The number of carboxylic acids is 1. The van der Waals surface area contributed by atoms with Crippen LogP contribution in [0.5, 0.6) is 5.75 Å². The number of hydrogen-bond acceptors (Lipinski definition) is 3. The van der Waals surface area contributed by atoms with Gasteiger partial charge in [-0.05, 0) is 31.4 Å². The highest BCUT2D eigenvalue weighted by molar-refractivity contribution is 5.87. The number of aliphatic carboxylic acids is 1. The Kier molecular flexibility index (Phi) is 4.77. The lowest BCUT2D eigenvalue weighted by atomic mass is 10.2. The Bertz CT molecular complexity index is 534. The van der Waals surface area contributed by atoms with Crippen LogP contribution in [0.25, 0.3) is 0 Å². The molecule has 6 heteroatoms. The molecule has 1 saturated heterocycles. The quantitative estimate of drug-likeness (QED) is 0.903. The molecule has 0 aromatic heterocycles. The van der Waals surface area contributed by atoms with Gasteiger partial charge in [0.25, 0.3) is 5.91 Å². The Balaban J connectivity index is 2.12. The first-order chi connectivity index (χ1) is 10.0. The molecule has 1 aromatic carbocycles. The van der Waals surface area contributed by atoms with Crippen molar-refractivity contribution in [1.82, 2.24) is 4.90 Å². The number of carboxylic acid groups (broad SMARTS) is 1. The second-order valence-corrected chi connectivity index (χ2v) is 4.97. The fourth-order valence-electron chi connectivity index (χ4n) is 2.47. The molecule has 0 spiro atoms. The highest BCUT2D eigenvalue weighted by atomic mass is 19.1. The fourth-order valence-corrected chi connectivity index (χ4v) is 2.47. The molecular weight excluding hydrogens is 277 g/mol. The Morgan fingerprint density at radius 3 is 2.81 bits per heavy atom. The summed E-state index contributed by atoms with van der Waals surface area (Å²) in [5.41, 5.74) is 0. The van der Waals surface area contributed by atoms with E-state index in [1.54, 1.807) is 13.0 Å². The number of carbonyl (C=O) groups excluding carboxylic acids is 1. The summed E-state index contributed by atoms with van der Waals surface area (Å²) in [6.45, 7) is 2.14. The summed E-state index contributed by atoms with van der Waals surface area (Å²) in [5.74, 6) is -1.95. The van der Waals surface area contributed by atoms with Crippen molar-refractivity contribution in [2.24, 2.45) is 0 Å². The zero-order valence-electron chi connectivity index (χ0n) is 11.8. The number of hydrogen-bond donors (Lipinski definition) is 1. The topological polar surface area (TPSA) is 66.8 Å². The molecule has 1 aliphatic rings. The minimum absolute atomic E-state index is 0.00349. The van der Waals surface area contributed by atoms with Crippen molar-refractivity contribution in [3.8, 4) is 5.75 Å². The lowest BCUT2D eigenvalue weighted by Crippen LogP contribution is -2.47. The third-order valence-corrected chi connectivity index (χ3v) is 3.57. The molecule has 0 bridgehead atoms. The third kappa shape index (κ3) is 3.32. The molecular formula is C15H18FNO4. The molecule has 1 aromatic rings. The molecule has 1 amide bonds. The van der Waals surface area contributed by atoms with Crippen LogP contribution in [0.1, 0.15) is 26.2 Å². The maximum atomic E-state index is 13.6. The van der Waals surface area contributed by atoms with Gasteiger partial charge in [0.2, 0.25) is 0 Å². The molecule has 0 aliphatic carbocycles. The van der Waals surface area contributed by atoms with E-state index in [-0.39, 0.29) is 5.75 Å². The van der Waals surface area contributed by atoms with Gasteiger partial charge in [-0.3, -0.25) is 4.79 Å². The summed E-state index contributed by atoms with van der Waals surface area (Å²) in [4.78, 5) is 24.9. The normalized spacial score (nSPS) is 19.3. The zero-order chi connectivity index (χ0) is 15.4. The summed E-state index contributed by atoms with van der Waals surface area (Å²) >= 11 is 0. The molecule has 0 radical (unpaired) electrons. The van der Waals surface area contributed by atoms with E-state index in [9.17, 15) is 14.0 Å². The number of carbonyl (C=O) groups is 2. The van der Waals surface area contributed by atoms with E-state index in [4.69, 9.17) is 9.84 Å². The van der Waals surface area contributed by atoms with Crippen LogP contribution in [0.4, 0.5) is 4.39 Å². The Morgan fingerprint density at radius 2 is 2.19 bits per heavy atom. The number of ether oxygens (including phenoxy) is 1. The number of amides is 1. The second kappa shape index (κ2) is 6.56. The number of para-hydroxylation sites is 1. The summed E-state index contributed by atoms with van der Waals surface area (Å²) in [5, 5.41) is 9.13. The van der Waals surface area contributed by atoms with Crippen molar-refractivity contribution in [2.45, 2.75) is 38.3 Å². The average molecular weight is 295 g/mol. The van der Waals surface area contributed by atoms with Crippen LogP contribution in [0, 0.1) is 5.82 Å². The molecule has 5 nitrogen and oxygen atoms in total. The molecule has 114 valence electrons. The first kappa shape index (κ1) is 15.3. The second-order valence-electron chi connectivity index (χ2n) is 4.97. The number of halogens is 1. The first-order valence-electron chi connectivity index (χ1n) is 6.99. The van der Waals surface area contributed by atoms with E-state index >= 15 is 0 Å². The van der Waals surface area contributed by atoms with Crippen LogP contribution in [-0.2, 0) is 9.59 Å². The zero-order valence-corrected chi connectivity index (χ0v) is 11.8. The number of benzene rings is 1. The Hall–Kier alpha value is -2.11. The van der Waals surface area contributed by atoms with Gasteiger partial charge in [0.05, 0.1) is 0 Å². The Labute approximate surface area is 122 Å². The van der Waals surface area contributed by atoms with Crippen molar-refractivity contribution in [3.05, 3.63) is 30.1 Å². The summed E-state index contributed by atoms with van der Waals surface area (Å²) < 4.78 is 19.0. The van der Waals surface area contributed by atoms with Gasteiger partial charge in [-0.2, -0.15) is 0 Å². The smallest absolute Gasteiger partial charge is 0.326 e. The number of rotatable bonds is 5. The van der Waals surface area contributed by atoms with Crippen molar-refractivity contribution in [1.29, 1.82) is 0 Å². The fraction of sp³-hybridized carbons (Fsp3) is 0.467. The van der Waals surface area contributed by atoms with Gasteiger partial charge < -0.3 is 14.7 Å². The highest BCUT2D eigenvalue weighted by Crippen LogP contribution is 2.23. The largest absolute Gasteiger partial charge is 0.480 e. The van der Waals surface area contributed by atoms with E-state index in [0.29, 0.717) is 25.8 Å². The SMILES string of the molecule is CCC(Oc1ccccc1F)C(=O)N1CCCC1C(=O)O. The molecule has 0 saturated carbocycles. The van der Waals surface area contributed by atoms with E-state index in [1.165, 1.54) is 23.1 Å². The van der Waals surface area contributed by atoms with Crippen molar-refractivity contribution in [3.63, 3.8) is 0 Å². The number of nitrogens with zero attached hydrogens (tertiary/aromatic N) is 1. The molecule has 2 rings (SSSR count). The molecule has 21 heavy (non-hydrogen) atoms. The minimum Gasteiger partial charge on any atom is -0.480 e. The van der Waals surface area contributed by atoms with Crippen LogP contribution >= 0.6 is 0 Å². The summed E-state index contributed by atoms with van der Waals surface area (Å²) in [6.07, 6.45) is 0.563. The molecule has 2 atom stereocenters. The lowest BCUT2D eigenvalue weighted by molar-refractivity contribution is -0.151. The third-order valence-electron chi connectivity index (χ3n) is 3.57. The predicted molar refractivity (Wildman–Crippen MR) is 73.5 cm³/mol. The van der Waals surface area contributed by atoms with E-state index < -0.39 is 29.8 Å². The standard InChI is InChI=1S/C15H18FNO4/c1-2-12(21-13-8-4-3-6-10(13)16)14(18)17-9-5-7-11(17)15(19)20/h3-4,6,8,11-12H,2,5,7,9H2,1H3,(H,19,20). The van der Waals surface area contributed by atoms with Gasteiger partial charge in [-0.15, -0.1) is 0 Å². The Morgan fingerprint density at radius 1 is 1.48 bits per heavy atom. The van der Waals surface area contributed by atoms with Crippen LogP contribution in [0.3, 0.4) is 0 Å². The minimum atomic E-state index is -1.01. The molecule has 1 heterocycles. The molecule has 1 fully saturated rings. The predicted octanol–water partition coefficient (Wildman–Crippen LogP) is 2.06. The molecule has 1 N–H and O–H groups in total. The van der Waals surface area contributed by atoms with Crippen molar-refractivity contribution < 1.29 is 23.8 Å². The van der Waals surface area contributed by atoms with Gasteiger partial charge >= 0.3 is 5.97 Å². The summed E-state index contributed by atoms with van der Waals surface area (Å²) in [6, 6.07) is 5.04. The van der Waals surface area contributed by atoms with Crippen LogP contribution in [-0.4, -0.2) is 40.6 Å². The average Bonchev–Trinajstić information content (AvgIpc) is 2.95. The van der Waals surface area contributed by atoms with Crippen LogP contribution < -0.4 is 4.74 Å². The van der Waals surface area contributed by atoms with Gasteiger partial charge in [-0.25, -0.2) is 9.18 Å². The lowest BCUT2D eigenvalue weighted by Gasteiger charge is -2.26. The maximum absolute atomic E-state index is 13.6. The highest BCUT2D eigenvalue weighted by Gasteiger charge is 2.37. The van der Waals surface area contributed by atoms with E-state index in [2.05, 4.69) is 0 Å². The first-order valence-corrected chi connectivity index (χ1v) is 6.99. The number of likely N-dealkylation sites (tertiary alicyclic amines) is 1. The van der Waals surface area contributed by atoms with Crippen molar-refractivity contribution in [2.75, 3.05) is 6.54 Å². The monoisotopic (exact) mass is 295 g/mol. The van der Waals surface area contributed by atoms with Gasteiger partial charge in [0.1, 0.15) is 6.04 Å². The van der Waals surface area contributed by atoms with Gasteiger partial charge in [0, 0.05) is 6.54 Å². The maximum Gasteiger partial charge on any atom is 0.326 e. The van der Waals surface area contributed by atoms with Crippen molar-refractivity contribution >= 4 is 11.9 Å². The summed E-state index contributed by atoms with van der Waals surface area (Å²) in [7, 11) is 0. The van der Waals surface area contributed by atoms with Crippen LogP contribution in [0.2, 0.25) is 0 Å². The van der Waals surface area contributed by atoms with Crippen LogP contribution in [0.15, 0.2) is 24.3 Å². The van der Waals surface area contributed by atoms with E-state index in [1.807, 2.05) is 0 Å². The van der Waals surface area contributed by atoms with Gasteiger partial charge in [0.15, 0.2) is 17.7 Å².